The standard InChI is InChI=1S/C21H28O5S/c1-2-3-4-5-6-7-8-11-17-12-9-15-20(22)21(17)26-18-13-10-14-19(16-18)27(23,24)25/h9-10,12-16,22H,2-8,11H2,1H3,(H,23,24,25). The average molecular weight is 393 g/mol. The first-order valence-corrected chi connectivity index (χ1v) is 10.9. The fourth-order valence-corrected chi connectivity index (χ4v) is 3.49. The molecule has 0 aliphatic heterocycles. The molecule has 5 nitrogen and oxygen atoms in total. The number of hydrogen-bond donors (Lipinski definition) is 2. The quantitative estimate of drug-likeness (QED) is 0.377. The summed E-state index contributed by atoms with van der Waals surface area (Å²) in [7, 11) is -4.31. The summed E-state index contributed by atoms with van der Waals surface area (Å²) < 4.78 is 37.5. The number of aromatic hydroxyl groups is 1. The molecule has 0 unspecified atom stereocenters. The summed E-state index contributed by atoms with van der Waals surface area (Å²) in [6, 6.07) is 10.8. The van der Waals surface area contributed by atoms with Gasteiger partial charge in [0, 0.05) is 6.07 Å². The van der Waals surface area contributed by atoms with Gasteiger partial charge in [0.1, 0.15) is 5.75 Å². The van der Waals surface area contributed by atoms with Crippen molar-refractivity contribution in [3.05, 3.63) is 48.0 Å². The molecule has 2 rings (SSSR count). The Bertz CT molecular complexity index is 830. The minimum absolute atomic E-state index is 0.00713. The first-order chi connectivity index (χ1) is 12.9. The fraction of sp³-hybridized carbons (Fsp3) is 0.429. The lowest BCUT2D eigenvalue weighted by Gasteiger charge is -2.13. The zero-order chi connectivity index (χ0) is 19.7. The Hall–Kier alpha value is -2.05. The number of unbranched alkanes of at least 4 members (excludes halogenated alkanes) is 6. The molecule has 0 atom stereocenters. The second kappa shape index (κ2) is 10.3. The van der Waals surface area contributed by atoms with Crippen LogP contribution in [0, 0.1) is 0 Å². The van der Waals surface area contributed by atoms with Gasteiger partial charge in [0.15, 0.2) is 11.5 Å². The van der Waals surface area contributed by atoms with E-state index in [4.69, 9.17) is 4.74 Å². The first-order valence-electron chi connectivity index (χ1n) is 9.48. The van der Waals surface area contributed by atoms with E-state index in [2.05, 4.69) is 6.92 Å². The molecule has 0 aliphatic rings. The maximum absolute atomic E-state index is 11.3. The number of benzene rings is 2. The van der Waals surface area contributed by atoms with Gasteiger partial charge in [-0.25, -0.2) is 0 Å². The summed E-state index contributed by atoms with van der Waals surface area (Å²) in [4.78, 5) is -0.246. The van der Waals surface area contributed by atoms with E-state index in [1.165, 1.54) is 56.4 Å². The van der Waals surface area contributed by atoms with Crippen LogP contribution in [0.15, 0.2) is 47.4 Å². The van der Waals surface area contributed by atoms with E-state index in [9.17, 15) is 18.1 Å². The third-order valence-corrected chi connectivity index (χ3v) is 5.30. The third-order valence-electron chi connectivity index (χ3n) is 4.45. The van der Waals surface area contributed by atoms with E-state index in [0.717, 1.165) is 24.8 Å². The van der Waals surface area contributed by atoms with Crippen LogP contribution in [0.2, 0.25) is 0 Å². The highest BCUT2D eigenvalue weighted by Gasteiger charge is 2.14. The lowest BCUT2D eigenvalue weighted by atomic mass is 10.0. The molecule has 0 saturated heterocycles. The van der Waals surface area contributed by atoms with Crippen LogP contribution in [0.1, 0.15) is 57.4 Å². The molecule has 0 bridgehead atoms. The van der Waals surface area contributed by atoms with E-state index < -0.39 is 10.1 Å². The number of phenols is 1. The number of phenolic OH excluding ortho intramolecular Hbond substituents is 1. The van der Waals surface area contributed by atoms with Gasteiger partial charge in [-0.15, -0.1) is 0 Å². The normalized spacial score (nSPS) is 11.5. The van der Waals surface area contributed by atoms with E-state index in [1.807, 2.05) is 6.07 Å². The summed E-state index contributed by atoms with van der Waals surface area (Å²) in [6.45, 7) is 2.20. The van der Waals surface area contributed by atoms with Crippen LogP contribution in [0.4, 0.5) is 0 Å². The van der Waals surface area contributed by atoms with Crippen molar-refractivity contribution in [1.29, 1.82) is 0 Å². The summed E-state index contributed by atoms with van der Waals surface area (Å²) in [5, 5.41) is 10.2. The van der Waals surface area contributed by atoms with E-state index in [0.29, 0.717) is 5.75 Å². The zero-order valence-electron chi connectivity index (χ0n) is 15.7. The third kappa shape index (κ3) is 6.88. The number of para-hydroxylation sites is 1. The molecule has 0 aliphatic carbocycles. The van der Waals surface area contributed by atoms with Crippen LogP contribution in [-0.2, 0) is 16.5 Å². The summed E-state index contributed by atoms with van der Waals surface area (Å²) in [5.74, 6) is 0.580. The molecule has 0 saturated carbocycles. The minimum atomic E-state index is -4.31. The van der Waals surface area contributed by atoms with Crippen LogP contribution in [0.3, 0.4) is 0 Å². The number of hydrogen-bond acceptors (Lipinski definition) is 4. The predicted octanol–water partition coefficient (Wildman–Crippen LogP) is 5.72. The Kier molecular flexibility index (Phi) is 8.13. The Morgan fingerprint density at radius 3 is 2.30 bits per heavy atom. The summed E-state index contributed by atoms with van der Waals surface area (Å²) in [5.41, 5.74) is 0.876. The smallest absolute Gasteiger partial charge is 0.294 e. The van der Waals surface area contributed by atoms with Crippen molar-refractivity contribution in [2.45, 2.75) is 63.2 Å². The van der Waals surface area contributed by atoms with Gasteiger partial charge in [0.25, 0.3) is 10.1 Å². The Balaban J connectivity index is 2.03. The van der Waals surface area contributed by atoms with Crippen molar-refractivity contribution in [2.24, 2.45) is 0 Å². The number of rotatable bonds is 11. The highest BCUT2D eigenvalue weighted by molar-refractivity contribution is 7.85. The highest BCUT2D eigenvalue weighted by atomic mass is 32.2. The molecular weight excluding hydrogens is 364 g/mol. The highest BCUT2D eigenvalue weighted by Crippen LogP contribution is 2.35. The summed E-state index contributed by atoms with van der Waals surface area (Å²) >= 11 is 0. The van der Waals surface area contributed by atoms with Crippen molar-refractivity contribution in [1.82, 2.24) is 0 Å². The molecule has 6 heteroatoms. The lowest BCUT2D eigenvalue weighted by molar-refractivity contribution is 0.405. The van der Waals surface area contributed by atoms with Gasteiger partial charge in [-0.2, -0.15) is 8.42 Å². The molecule has 0 radical (unpaired) electrons. The number of aryl methyl sites for hydroxylation is 1. The van der Waals surface area contributed by atoms with Crippen LogP contribution in [-0.4, -0.2) is 18.1 Å². The van der Waals surface area contributed by atoms with Crippen molar-refractivity contribution < 1.29 is 22.8 Å². The van der Waals surface area contributed by atoms with Crippen LogP contribution in [0.5, 0.6) is 17.2 Å². The average Bonchev–Trinajstić information content (AvgIpc) is 2.63. The Labute approximate surface area is 161 Å². The number of ether oxygens (including phenoxy) is 1. The molecule has 0 aromatic heterocycles. The van der Waals surface area contributed by atoms with Gasteiger partial charge in [-0.05, 0) is 36.6 Å². The molecule has 2 aromatic carbocycles. The van der Waals surface area contributed by atoms with Crippen molar-refractivity contribution in [2.75, 3.05) is 0 Å². The Morgan fingerprint density at radius 1 is 0.926 bits per heavy atom. The van der Waals surface area contributed by atoms with Gasteiger partial charge < -0.3 is 9.84 Å². The predicted molar refractivity (Wildman–Crippen MR) is 106 cm³/mol. The van der Waals surface area contributed by atoms with E-state index in [-0.39, 0.29) is 16.4 Å². The minimum Gasteiger partial charge on any atom is -0.504 e. The van der Waals surface area contributed by atoms with Crippen molar-refractivity contribution >= 4 is 10.1 Å². The molecule has 0 spiro atoms. The Morgan fingerprint density at radius 2 is 1.59 bits per heavy atom. The van der Waals surface area contributed by atoms with Gasteiger partial charge in [0.2, 0.25) is 0 Å². The summed E-state index contributed by atoms with van der Waals surface area (Å²) in [6.07, 6.45) is 9.14. The molecule has 0 amide bonds. The monoisotopic (exact) mass is 392 g/mol. The van der Waals surface area contributed by atoms with Crippen molar-refractivity contribution in [3.8, 4) is 17.2 Å². The van der Waals surface area contributed by atoms with Crippen LogP contribution in [0.25, 0.3) is 0 Å². The fourth-order valence-electron chi connectivity index (χ4n) is 2.97. The largest absolute Gasteiger partial charge is 0.504 e. The maximum atomic E-state index is 11.3. The van der Waals surface area contributed by atoms with Crippen LogP contribution >= 0.6 is 0 Å². The van der Waals surface area contributed by atoms with Gasteiger partial charge in [0.05, 0.1) is 4.90 Å². The van der Waals surface area contributed by atoms with Gasteiger partial charge >= 0.3 is 0 Å². The molecule has 2 N–H and O–H groups in total. The van der Waals surface area contributed by atoms with Gasteiger partial charge in [-0.1, -0.05) is 63.6 Å². The molecule has 0 heterocycles. The van der Waals surface area contributed by atoms with Crippen molar-refractivity contribution in [3.63, 3.8) is 0 Å². The van der Waals surface area contributed by atoms with Gasteiger partial charge in [-0.3, -0.25) is 4.55 Å². The second-order valence-corrected chi connectivity index (χ2v) is 8.11. The van der Waals surface area contributed by atoms with E-state index in [1.54, 1.807) is 12.1 Å². The molecular formula is C21H28O5S. The first kappa shape index (κ1) is 21.3. The molecule has 148 valence electrons. The second-order valence-electron chi connectivity index (χ2n) is 6.69. The topological polar surface area (TPSA) is 83.8 Å². The maximum Gasteiger partial charge on any atom is 0.294 e. The zero-order valence-corrected chi connectivity index (χ0v) is 16.5. The molecule has 0 fully saturated rings. The molecule has 2 aromatic rings. The SMILES string of the molecule is CCCCCCCCCc1cccc(O)c1Oc1cccc(S(=O)(=O)O)c1. The molecule has 27 heavy (non-hydrogen) atoms. The lowest BCUT2D eigenvalue weighted by Crippen LogP contribution is -1.99. The van der Waals surface area contributed by atoms with Crippen LogP contribution < -0.4 is 4.74 Å². The van der Waals surface area contributed by atoms with E-state index >= 15 is 0 Å².